The summed E-state index contributed by atoms with van der Waals surface area (Å²) in [4.78, 5) is 2.38. The Labute approximate surface area is 109 Å². The van der Waals surface area contributed by atoms with Gasteiger partial charge in [0.05, 0.1) is 0 Å². The Morgan fingerprint density at radius 2 is 1.89 bits per heavy atom. The predicted octanol–water partition coefficient (Wildman–Crippen LogP) is 2.92. The van der Waals surface area contributed by atoms with Crippen LogP contribution in [0.2, 0.25) is 0 Å². The van der Waals surface area contributed by atoms with E-state index >= 15 is 0 Å². The Balaban J connectivity index is 1.99. The zero-order valence-electron chi connectivity index (χ0n) is 11.1. The number of nitrogens with zero attached hydrogens (tertiary/aromatic N) is 1. The third-order valence-electron chi connectivity index (χ3n) is 4.00. The molecule has 1 aromatic rings. The van der Waals surface area contributed by atoms with Crippen LogP contribution in [0.4, 0.5) is 4.39 Å². The molecule has 2 rings (SSSR count). The summed E-state index contributed by atoms with van der Waals surface area (Å²) >= 11 is 0. The summed E-state index contributed by atoms with van der Waals surface area (Å²) in [5, 5.41) is 0. The van der Waals surface area contributed by atoms with Gasteiger partial charge < -0.3 is 5.73 Å². The molecule has 100 valence electrons. The molecule has 1 aliphatic carbocycles. The highest BCUT2D eigenvalue weighted by Crippen LogP contribution is 2.24. The molecule has 0 bridgehead atoms. The summed E-state index contributed by atoms with van der Waals surface area (Å²) < 4.78 is 13.7. The van der Waals surface area contributed by atoms with Crippen LogP contribution in [0.1, 0.15) is 38.2 Å². The van der Waals surface area contributed by atoms with E-state index in [9.17, 15) is 4.39 Å². The van der Waals surface area contributed by atoms with E-state index < -0.39 is 0 Å². The van der Waals surface area contributed by atoms with Gasteiger partial charge in [0.15, 0.2) is 0 Å². The van der Waals surface area contributed by atoms with Crippen LogP contribution >= 0.6 is 0 Å². The largest absolute Gasteiger partial charge is 0.328 e. The Hall–Kier alpha value is -0.930. The maximum Gasteiger partial charge on any atom is 0.127 e. The van der Waals surface area contributed by atoms with Crippen molar-refractivity contribution in [1.82, 2.24) is 4.90 Å². The average molecular weight is 250 g/mol. The van der Waals surface area contributed by atoms with Crippen molar-refractivity contribution in [3.8, 4) is 0 Å². The molecule has 0 unspecified atom stereocenters. The quantitative estimate of drug-likeness (QED) is 0.890. The van der Waals surface area contributed by atoms with Gasteiger partial charge in [-0.25, -0.2) is 4.39 Å². The van der Waals surface area contributed by atoms with Gasteiger partial charge in [-0.1, -0.05) is 25.1 Å². The average Bonchev–Trinajstić information content (AvgIpc) is 2.39. The van der Waals surface area contributed by atoms with E-state index in [-0.39, 0.29) is 5.82 Å². The first-order chi connectivity index (χ1) is 8.70. The number of hydrogen-bond acceptors (Lipinski definition) is 2. The summed E-state index contributed by atoms with van der Waals surface area (Å²) in [5.74, 6) is -0.0940. The van der Waals surface area contributed by atoms with Crippen molar-refractivity contribution >= 4 is 0 Å². The Bertz CT molecular complexity index is 373. The van der Waals surface area contributed by atoms with Crippen LogP contribution in [0.25, 0.3) is 0 Å². The first-order valence-electron chi connectivity index (χ1n) is 6.93. The van der Waals surface area contributed by atoms with E-state index in [1.54, 1.807) is 12.1 Å². The summed E-state index contributed by atoms with van der Waals surface area (Å²) in [6.45, 7) is 3.83. The molecule has 1 aliphatic rings. The van der Waals surface area contributed by atoms with E-state index in [0.717, 1.165) is 37.8 Å². The molecule has 1 saturated carbocycles. The van der Waals surface area contributed by atoms with E-state index in [4.69, 9.17) is 5.73 Å². The lowest BCUT2D eigenvalue weighted by molar-refractivity contribution is 0.148. The highest BCUT2D eigenvalue weighted by Gasteiger charge is 2.23. The second-order valence-corrected chi connectivity index (χ2v) is 5.22. The maximum absolute atomic E-state index is 13.7. The molecule has 2 N–H and O–H groups in total. The molecule has 0 saturated heterocycles. The lowest BCUT2D eigenvalue weighted by atomic mass is 9.90. The highest BCUT2D eigenvalue weighted by atomic mass is 19.1. The second kappa shape index (κ2) is 6.30. The minimum Gasteiger partial charge on any atom is -0.328 e. The van der Waals surface area contributed by atoms with Gasteiger partial charge in [-0.15, -0.1) is 0 Å². The van der Waals surface area contributed by atoms with E-state index in [1.807, 2.05) is 12.1 Å². The number of hydrogen-bond donors (Lipinski definition) is 1. The standard InChI is InChI=1S/C15H23FN2/c1-2-18(14-9-7-13(17)8-10-14)11-12-5-3-4-6-15(12)16/h3-6,13-14H,2,7-11,17H2,1H3. The van der Waals surface area contributed by atoms with E-state index in [1.165, 1.54) is 0 Å². The van der Waals surface area contributed by atoms with Gasteiger partial charge in [0.2, 0.25) is 0 Å². The molecule has 1 fully saturated rings. The van der Waals surface area contributed by atoms with Gasteiger partial charge in [-0.3, -0.25) is 4.90 Å². The zero-order valence-corrected chi connectivity index (χ0v) is 11.1. The summed E-state index contributed by atoms with van der Waals surface area (Å²) in [6.07, 6.45) is 4.48. The molecular formula is C15H23FN2. The molecule has 1 aromatic carbocycles. The lowest BCUT2D eigenvalue weighted by Crippen LogP contribution is -2.40. The van der Waals surface area contributed by atoms with Crippen molar-refractivity contribution in [1.29, 1.82) is 0 Å². The van der Waals surface area contributed by atoms with Gasteiger partial charge in [0.25, 0.3) is 0 Å². The van der Waals surface area contributed by atoms with Crippen molar-refractivity contribution in [2.24, 2.45) is 5.73 Å². The third-order valence-corrected chi connectivity index (χ3v) is 4.00. The lowest BCUT2D eigenvalue weighted by Gasteiger charge is -2.35. The van der Waals surface area contributed by atoms with Crippen molar-refractivity contribution in [2.45, 2.75) is 51.2 Å². The molecule has 0 aliphatic heterocycles. The second-order valence-electron chi connectivity index (χ2n) is 5.22. The molecule has 0 amide bonds. The molecule has 0 radical (unpaired) electrons. The van der Waals surface area contributed by atoms with E-state index in [0.29, 0.717) is 18.6 Å². The Kier molecular flexibility index (Phi) is 4.72. The van der Waals surface area contributed by atoms with Crippen molar-refractivity contribution < 1.29 is 4.39 Å². The fourth-order valence-corrected chi connectivity index (χ4v) is 2.81. The number of benzene rings is 1. The summed E-state index contributed by atoms with van der Waals surface area (Å²) in [5.41, 5.74) is 6.74. The van der Waals surface area contributed by atoms with Gasteiger partial charge in [-0.05, 0) is 38.3 Å². The molecular weight excluding hydrogens is 227 g/mol. The minimum atomic E-state index is -0.0940. The van der Waals surface area contributed by atoms with Crippen LogP contribution in [-0.2, 0) is 6.54 Å². The summed E-state index contributed by atoms with van der Waals surface area (Å²) in [6, 6.07) is 8.01. The Morgan fingerprint density at radius 3 is 2.50 bits per heavy atom. The monoisotopic (exact) mass is 250 g/mol. The zero-order chi connectivity index (χ0) is 13.0. The van der Waals surface area contributed by atoms with Gasteiger partial charge in [0, 0.05) is 24.2 Å². The van der Waals surface area contributed by atoms with Crippen molar-refractivity contribution in [3.63, 3.8) is 0 Å². The molecule has 2 nitrogen and oxygen atoms in total. The number of rotatable bonds is 4. The molecule has 0 spiro atoms. The normalized spacial score (nSPS) is 24.4. The van der Waals surface area contributed by atoms with Crippen molar-refractivity contribution in [2.75, 3.05) is 6.54 Å². The summed E-state index contributed by atoms with van der Waals surface area (Å²) in [7, 11) is 0. The first kappa shape index (κ1) is 13.5. The van der Waals surface area contributed by atoms with Crippen LogP contribution in [0.5, 0.6) is 0 Å². The van der Waals surface area contributed by atoms with Crippen LogP contribution in [-0.4, -0.2) is 23.5 Å². The smallest absolute Gasteiger partial charge is 0.127 e. The predicted molar refractivity (Wildman–Crippen MR) is 72.7 cm³/mol. The van der Waals surface area contributed by atoms with Crippen LogP contribution in [0.15, 0.2) is 24.3 Å². The van der Waals surface area contributed by atoms with Crippen LogP contribution in [0.3, 0.4) is 0 Å². The topological polar surface area (TPSA) is 29.3 Å². The van der Waals surface area contributed by atoms with Crippen molar-refractivity contribution in [3.05, 3.63) is 35.6 Å². The van der Waals surface area contributed by atoms with Crippen LogP contribution < -0.4 is 5.73 Å². The molecule has 0 heterocycles. The molecule has 0 atom stereocenters. The van der Waals surface area contributed by atoms with Gasteiger partial charge in [-0.2, -0.15) is 0 Å². The van der Waals surface area contributed by atoms with Gasteiger partial charge >= 0.3 is 0 Å². The fraction of sp³-hybridized carbons (Fsp3) is 0.600. The minimum absolute atomic E-state index is 0.0940. The van der Waals surface area contributed by atoms with E-state index in [2.05, 4.69) is 11.8 Å². The molecule has 3 heteroatoms. The number of halogens is 1. The fourth-order valence-electron chi connectivity index (χ4n) is 2.81. The molecule has 0 aromatic heterocycles. The first-order valence-corrected chi connectivity index (χ1v) is 6.93. The third kappa shape index (κ3) is 3.30. The highest BCUT2D eigenvalue weighted by molar-refractivity contribution is 5.17. The van der Waals surface area contributed by atoms with Crippen LogP contribution in [0, 0.1) is 5.82 Å². The van der Waals surface area contributed by atoms with Gasteiger partial charge in [0.1, 0.15) is 5.82 Å². The number of nitrogens with two attached hydrogens (primary N) is 1. The molecule has 18 heavy (non-hydrogen) atoms. The SMILES string of the molecule is CCN(Cc1ccccc1F)C1CCC(N)CC1. The Morgan fingerprint density at radius 1 is 1.22 bits per heavy atom. The maximum atomic E-state index is 13.7.